The van der Waals surface area contributed by atoms with Crippen molar-refractivity contribution in [3.05, 3.63) is 52.0 Å². The van der Waals surface area contributed by atoms with E-state index in [1.54, 1.807) is 12.1 Å². The fraction of sp³-hybridized carbons (Fsp3) is 0.292. The number of hydrogen-bond donors (Lipinski definition) is 2. The van der Waals surface area contributed by atoms with Crippen molar-refractivity contribution in [2.75, 3.05) is 18.6 Å². The third-order valence-electron chi connectivity index (χ3n) is 5.02. The fourth-order valence-corrected chi connectivity index (χ4v) is 3.90. The van der Waals surface area contributed by atoms with E-state index in [4.69, 9.17) is 9.47 Å². The quantitative estimate of drug-likeness (QED) is 0.282. The minimum absolute atomic E-state index is 0.0138. The van der Waals surface area contributed by atoms with Crippen LogP contribution in [0.15, 0.2) is 46.4 Å². The Morgan fingerprint density at radius 3 is 2.48 bits per heavy atom. The van der Waals surface area contributed by atoms with Gasteiger partial charge in [-0.05, 0) is 70.4 Å². The molecule has 0 aromatic heterocycles. The van der Waals surface area contributed by atoms with Crippen LogP contribution >= 0.6 is 15.9 Å². The summed E-state index contributed by atoms with van der Waals surface area (Å²) >= 11 is 3.47. The smallest absolute Gasteiger partial charge is 0.335 e. The minimum Gasteiger partial charge on any atom is -0.508 e. The van der Waals surface area contributed by atoms with Gasteiger partial charge in [-0.2, -0.15) is 0 Å². The van der Waals surface area contributed by atoms with Gasteiger partial charge in [0, 0.05) is 0 Å². The molecule has 0 aliphatic carbocycles. The van der Waals surface area contributed by atoms with E-state index in [0.29, 0.717) is 28.1 Å². The number of carbonyl (C=O) groups is 3. The Kier molecular flexibility index (Phi) is 8.11. The standard InChI is InChI=1S/C24H25BrN2O6/c1-3-4-5-6-11-33-21-19(25)13-15(14-20(21)32-2)12-18-22(29)26-24(31)27(23(18)30)16-7-9-17(28)10-8-16/h7-10,12-14,28H,3-6,11H2,1-2H3,(H,26,29,31)/b18-12-. The Bertz CT molecular complexity index is 1080. The normalized spacial score (nSPS) is 15.1. The molecule has 0 saturated carbocycles. The van der Waals surface area contributed by atoms with Crippen LogP contribution in [0.5, 0.6) is 17.2 Å². The number of methoxy groups -OCH3 is 1. The van der Waals surface area contributed by atoms with E-state index in [2.05, 4.69) is 28.2 Å². The van der Waals surface area contributed by atoms with Gasteiger partial charge in [0.2, 0.25) is 0 Å². The van der Waals surface area contributed by atoms with Gasteiger partial charge in [0.25, 0.3) is 11.8 Å². The lowest BCUT2D eigenvalue weighted by Crippen LogP contribution is -2.54. The Hall–Kier alpha value is -3.33. The number of phenolic OH excluding ortho intramolecular Hbond substituents is 1. The maximum absolute atomic E-state index is 13.0. The van der Waals surface area contributed by atoms with Gasteiger partial charge >= 0.3 is 6.03 Å². The van der Waals surface area contributed by atoms with Crippen molar-refractivity contribution in [1.82, 2.24) is 5.32 Å². The van der Waals surface area contributed by atoms with E-state index in [9.17, 15) is 19.5 Å². The van der Waals surface area contributed by atoms with Crippen LogP contribution in [0.1, 0.15) is 38.2 Å². The number of nitrogens with zero attached hydrogens (tertiary/aromatic N) is 1. The van der Waals surface area contributed by atoms with E-state index < -0.39 is 17.8 Å². The first-order valence-corrected chi connectivity index (χ1v) is 11.4. The van der Waals surface area contributed by atoms with E-state index in [-0.39, 0.29) is 17.0 Å². The molecule has 2 aromatic rings. The van der Waals surface area contributed by atoms with Crippen LogP contribution < -0.4 is 19.7 Å². The predicted molar refractivity (Wildman–Crippen MR) is 127 cm³/mol. The summed E-state index contributed by atoms with van der Waals surface area (Å²) in [5, 5.41) is 11.6. The van der Waals surface area contributed by atoms with Gasteiger partial charge in [-0.3, -0.25) is 14.9 Å². The number of rotatable bonds is 9. The first kappa shape index (κ1) is 24.3. The zero-order valence-electron chi connectivity index (χ0n) is 18.4. The summed E-state index contributed by atoms with van der Waals surface area (Å²) in [5.74, 6) is -0.606. The molecule has 0 unspecified atom stereocenters. The second-order valence-corrected chi connectivity index (χ2v) is 8.27. The van der Waals surface area contributed by atoms with Crippen LogP contribution in [0, 0.1) is 0 Å². The lowest BCUT2D eigenvalue weighted by molar-refractivity contribution is -0.122. The van der Waals surface area contributed by atoms with E-state index in [1.165, 1.54) is 37.5 Å². The zero-order valence-corrected chi connectivity index (χ0v) is 20.0. The SMILES string of the molecule is CCCCCCOc1c(Br)cc(/C=C2/C(=O)NC(=O)N(c3ccc(O)cc3)C2=O)cc1OC. The van der Waals surface area contributed by atoms with Crippen LogP contribution in [0.25, 0.3) is 6.08 Å². The van der Waals surface area contributed by atoms with Gasteiger partial charge < -0.3 is 14.6 Å². The topological polar surface area (TPSA) is 105 Å². The average Bonchev–Trinajstić information content (AvgIpc) is 2.78. The number of amides is 4. The third-order valence-corrected chi connectivity index (χ3v) is 5.61. The number of anilines is 1. The number of phenols is 1. The highest BCUT2D eigenvalue weighted by Gasteiger charge is 2.36. The number of barbiturate groups is 1. The molecule has 0 atom stereocenters. The van der Waals surface area contributed by atoms with E-state index >= 15 is 0 Å². The number of benzene rings is 2. The maximum atomic E-state index is 13.0. The highest BCUT2D eigenvalue weighted by atomic mass is 79.9. The number of imide groups is 2. The van der Waals surface area contributed by atoms with Gasteiger partial charge in [0.15, 0.2) is 11.5 Å². The molecule has 2 aromatic carbocycles. The maximum Gasteiger partial charge on any atom is 0.335 e. The molecule has 9 heteroatoms. The van der Waals surface area contributed by atoms with Crippen molar-refractivity contribution in [2.24, 2.45) is 0 Å². The molecule has 33 heavy (non-hydrogen) atoms. The Morgan fingerprint density at radius 1 is 1.09 bits per heavy atom. The second kappa shape index (κ2) is 11.0. The Balaban J connectivity index is 1.88. The minimum atomic E-state index is -0.863. The van der Waals surface area contributed by atoms with Crippen molar-refractivity contribution >= 4 is 45.5 Å². The molecule has 1 heterocycles. The Morgan fingerprint density at radius 2 is 1.82 bits per heavy atom. The summed E-state index contributed by atoms with van der Waals surface area (Å²) < 4.78 is 11.9. The summed E-state index contributed by atoms with van der Waals surface area (Å²) in [7, 11) is 1.51. The molecule has 1 fully saturated rings. The Labute approximate surface area is 200 Å². The van der Waals surface area contributed by atoms with Crippen molar-refractivity contribution in [2.45, 2.75) is 32.6 Å². The highest BCUT2D eigenvalue weighted by molar-refractivity contribution is 9.10. The molecule has 4 amide bonds. The number of nitrogens with one attached hydrogen (secondary N) is 1. The van der Waals surface area contributed by atoms with Crippen molar-refractivity contribution in [3.63, 3.8) is 0 Å². The number of aromatic hydroxyl groups is 1. The summed E-state index contributed by atoms with van der Waals surface area (Å²) in [5.41, 5.74) is 0.514. The largest absolute Gasteiger partial charge is 0.508 e. The lowest BCUT2D eigenvalue weighted by atomic mass is 10.1. The molecule has 0 spiro atoms. The summed E-state index contributed by atoms with van der Waals surface area (Å²) in [6.45, 7) is 2.69. The first-order valence-electron chi connectivity index (χ1n) is 10.6. The van der Waals surface area contributed by atoms with Crippen LogP contribution in [-0.2, 0) is 9.59 Å². The first-order chi connectivity index (χ1) is 15.8. The van der Waals surface area contributed by atoms with Crippen LogP contribution in [0.2, 0.25) is 0 Å². The van der Waals surface area contributed by atoms with E-state index in [1.807, 2.05) is 0 Å². The molecular formula is C24H25BrN2O6. The monoisotopic (exact) mass is 516 g/mol. The molecule has 3 rings (SSSR count). The van der Waals surface area contributed by atoms with Crippen LogP contribution in [0.3, 0.4) is 0 Å². The molecule has 174 valence electrons. The second-order valence-electron chi connectivity index (χ2n) is 7.42. The molecule has 2 N–H and O–H groups in total. The number of carbonyl (C=O) groups excluding carboxylic acids is 3. The predicted octanol–water partition coefficient (Wildman–Crippen LogP) is 4.79. The molecule has 8 nitrogen and oxygen atoms in total. The summed E-state index contributed by atoms with van der Waals surface area (Å²) in [4.78, 5) is 38.6. The summed E-state index contributed by atoms with van der Waals surface area (Å²) in [6.07, 6.45) is 5.67. The molecule has 1 aliphatic rings. The van der Waals surface area contributed by atoms with Crippen molar-refractivity contribution < 1.29 is 29.0 Å². The van der Waals surface area contributed by atoms with Gasteiger partial charge in [-0.25, -0.2) is 9.69 Å². The van der Waals surface area contributed by atoms with Gasteiger partial charge in [-0.15, -0.1) is 0 Å². The van der Waals surface area contributed by atoms with Gasteiger partial charge in [0.1, 0.15) is 11.3 Å². The van der Waals surface area contributed by atoms with Gasteiger partial charge in [-0.1, -0.05) is 26.2 Å². The van der Waals surface area contributed by atoms with Crippen molar-refractivity contribution in [3.8, 4) is 17.2 Å². The fourth-order valence-electron chi connectivity index (χ4n) is 3.33. The number of hydrogen-bond acceptors (Lipinski definition) is 6. The van der Waals surface area contributed by atoms with Gasteiger partial charge in [0.05, 0.1) is 23.9 Å². The molecular weight excluding hydrogens is 492 g/mol. The molecule has 0 bridgehead atoms. The van der Waals surface area contributed by atoms with E-state index in [0.717, 1.165) is 30.6 Å². The third kappa shape index (κ3) is 5.73. The van der Waals surface area contributed by atoms with Crippen LogP contribution in [-0.4, -0.2) is 36.7 Å². The van der Waals surface area contributed by atoms with Crippen molar-refractivity contribution in [1.29, 1.82) is 0 Å². The van der Waals surface area contributed by atoms with Crippen LogP contribution in [0.4, 0.5) is 10.5 Å². The molecule has 1 saturated heterocycles. The number of ether oxygens (including phenoxy) is 2. The zero-order chi connectivity index (χ0) is 24.0. The number of unbranched alkanes of at least 4 members (excludes halogenated alkanes) is 3. The molecule has 0 radical (unpaired) electrons. The highest BCUT2D eigenvalue weighted by Crippen LogP contribution is 2.37. The number of urea groups is 1. The number of halogens is 1. The average molecular weight is 517 g/mol. The molecule has 1 aliphatic heterocycles. The lowest BCUT2D eigenvalue weighted by Gasteiger charge is -2.26. The summed E-state index contributed by atoms with van der Waals surface area (Å²) in [6, 6.07) is 8.01.